The van der Waals surface area contributed by atoms with Crippen LogP contribution in [0.5, 0.6) is 0 Å². The third-order valence-corrected chi connectivity index (χ3v) is 3.06. The summed E-state index contributed by atoms with van der Waals surface area (Å²) >= 11 is 0. The van der Waals surface area contributed by atoms with E-state index >= 15 is 0 Å². The highest BCUT2D eigenvalue weighted by atomic mass is 16.6. The Bertz CT molecular complexity index is 487. The smallest absolute Gasteiger partial charge is 0.345 e. The summed E-state index contributed by atoms with van der Waals surface area (Å²) in [5.41, 5.74) is -1.46. The molecule has 1 unspecified atom stereocenters. The van der Waals surface area contributed by atoms with Gasteiger partial charge in [-0.15, -0.1) is 0 Å². The van der Waals surface area contributed by atoms with Gasteiger partial charge in [-0.3, -0.25) is 10.0 Å². The molecule has 0 radical (unpaired) electrons. The summed E-state index contributed by atoms with van der Waals surface area (Å²) < 4.78 is 0. The van der Waals surface area contributed by atoms with Crippen molar-refractivity contribution in [3.8, 4) is 0 Å². The quantitative estimate of drug-likeness (QED) is 0.447. The van der Waals surface area contributed by atoms with Crippen LogP contribution in [0, 0.1) is 0 Å². The molecule has 0 aromatic carbocycles. The molecule has 1 atom stereocenters. The molecule has 0 fully saturated rings. The molecule has 1 rings (SSSR count). The summed E-state index contributed by atoms with van der Waals surface area (Å²) in [6.45, 7) is 3.01. The molecule has 0 spiro atoms. The van der Waals surface area contributed by atoms with E-state index < -0.39 is 17.5 Å². The Morgan fingerprint density at radius 1 is 1.50 bits per heavy atom. The summed E-state index contributed by atoms with van der Waals surface area (Å²) in [5, 5.41) is 19.3. The van der Waals surface area contributed by atoms with Gasteiger partial charge in [-0.05, 0) is 13.8 Å². The fourth-order valence-electron chi connectivity index (χ4n) is 2.08. The number of likely N-dealkylation sites (N-methyl/N-ethyl adjacent to an activating group) is 1. The molecule has 9 nitrogen and oxygen atoms in total. The van der Waals surface area contributed by atoms with Gasteiger partial charge >= 0.3 is 6.03 Å². The van der Waals surface area contributed by atoms with Crippen LogP contribution in [0.25, 0.3) is 0 Å². The lowest BCUT2D eigenvalue weighted by Crippen LogP contribution is -2.65. The zero-order valence-electron chi connectivity index (χ0n) is 12.4. The van der Waals surface area contributed by atoms with E-state index in [0.29, 0.717) is 5.06 Å². The van der Waals surface area contributed by atoms with Crippen LogP contribution < -0.4 is 0 Å². The van der Waals surface area contributed by atoms with E-state index in [-0.39, 0.29) is 11.4 Å². The summed E-state index contributed by atoms with van der Waals surface area (Å²) in [6, 6.07) is -0.770. The molecular formula is C11H19N5O4. The van der Waals surface area contributed by atoms with E-state index in [1.54, 1.807) is 0 Å². The number of urea groups is 1. The highest BCUT2D eigenvalue weighted by molar-refractivity contribution is 6.33. The van der Waals surface area contributed by atoms with Crippen molar-refractivity contribution in [2.75, 3.05) is 28.3 Å². The predicted molar refractivity (Wildman–Crippen MR) is 71.4 cm³/mol. The number of hydrogen-bond donors (Lipinski definition) is 1. The molecule has 0 aromatic rings. The highest BCUT2D eigenvalue weighted by Gasteiger charge is 2.58. The van der Waals surface area contributed by atoms with Crippen LogP contribution in [-0.4, -0.2) is 77.3 Å². The van der Waals surface area contributed by atoms with E-state index in [9.17, 15) is 14.8 Å². The Morgan fingerprint density at radius 2 is 2.05 bits per heavy atom. The minimum atomic E-state index is -1.79. The molecule has 1 aliphatic heterocycles. The molecule has 0 aromatic heterocycles. The van der Waals surface area contributed by atoms with Crippen molar-refractivity contribution >= 4 is 23.4 Å². The van der Waals surface area contributed by atoms with Gasteiger partial charge in [0.1, 0.15) is 7.11 Å². The number of hydrazone groups is 1. The number of nitrogens with zero attached hydrogens (tertiary/aromatic N) is 5. The summed E-state index contributed by atoms with van der Waals surface area (Å²) in [5.74, 6) is -0.592. The average molecular weight is 285 g/mol. The van der Waals surface area contributed by atoms with Crippen LogP contribution in [0.1, 0.15) is 13.8 Å². The second-order valence-corrected chi connectivity index (χ2v) is 4.57. The topological polar surface area (TPSA) is 98.0 Å². The van der Waals surface area contributed by atoms with Gasteiger partial charge in [0.2, 0.25) is 5.54 Å². The molecule has 20 heavy (non-hydrogen) atoms. The van der Waals surface area contributed by atoms with Gasteiger partial charge in [0.15, 0.2) is 0 Å². The maximum Gasteiger partial charge on any atom is 0.345 e. The molecule has 0 saturated heterocycles. The first-order valence-electron chi connectivity index (χ1n) is 5.83. The zero-order valence-corrected chi connectivity index (χ0v) is 12.4. The van der Waals surface area contributed by atoms with E-state index in [1.807, 2.05) is 0 Å². The molecule has 1 aliphatic rings. The average Bonchev–Trinajstić information content (AvgIpc) is 2.59. The molecule has 0 aliphatic carbocycles. The van der Waals surface area contributed by atoms with Crippen molar-refractivity contribution in [3.05, 3.63) is 0 Å². The van der Waals surface area contributed by atoms with Crippen LogP contribution in [0.4, 0.5) is 4.79 Å². The van der Waals surface area contributed by atoms with E-state index in [0.717, 1.165) is 9.91 Å². The number of carbonyl (C=O) groups excluding carboxylic acids is 2. The number of amides is 3. The Balaban J connectivity index is 3.45. The lowest BCUT2D eigenvalue weighted by Gasteiger charge is -2.35. The molecule has 112 valence electrons. The van der Waals surface area contributed by atoms with Gasteiger partial charge < -0.3 is 9.74 Å². The first-order chi connectivity index (χ1) is 9.21. The highest BCUT2D eigenvalue weighted by Crippen LogP contribution is 2.28. The fourth-order valence-corrected chi connectivity index (χ4v) is 2.08. The number of rotatable bonds is 3. The zero-order chi connectivity index (χ0) is 15.7. The summed E-state index contributed by atoms with van der Waals surface area (Å²) in [7, 11) is 5.65. The largest absolute Gasteiger partial charge is 0.399 e. The summed E-state index contributed by atoms with van der Waals surface area (Å²) in [6.07, 6.45) is 0. The van der Waals surface area contributed by atoms with Gasteiger partial charge in [0, 0.05) is 21.1 Å². The molecule has 0 bridgehead atoms. The number of hydrogen-bond acceptors (Lipinski definition) is 6. The van der Waals surface area contributed by atoms with Gasteiger partial charge in [0.05, 0.1) is 11.4 Å². The van der Waals surface area contributed by atoms with Crippen molar-refractivity contribution in [2.24, 2.45) is 10.3 Å². The van der Waals surface area contributed by atoms with Crippen molar-refractivity contribution in [1.29, 1.82) is 0 Å². The Kier molecular flexibility index (Phi) is 4.33. The molecule has 9 heteroatoms. The normalized spacial score (nSPS) is 22.8. The van der Waals surface area contributed by atoms with Crippen molar-refractivity contribution in [1.82, 2.24) is 15.0 Å². The van der Waals surface area contributed by atoms with Crippen LogP contribution >= 0.6 is 0 Å². The van der Waals surface area contributed by atoms with Gasteiger partial charge in [0.25, 0.3) is 5.91 Å². The lowest BCUT2D eigenvalue weighted by molar-refractivity contribution is -0.147. The molecule has 0 saturated carbocycles. The van der Waals surface area contributed by atoms with Crippen LogP contribution in [0.2, 0.25) is 0 Å². The van der Waals surface area contributed by atoms with Gasteiger partial charge in [-0.25, -0.2) is 9.80 Å². The maximum absolute atomic E-state index is 12.4. The van der Waals surface area contributed by atoms with Crippen molar-refractivity contribution < 1.29 is 19.6 Å². The van der Waals surface area contributed by atoms with Gasteiger partial charge in [-0.1, -0.05) is 5.16 Å². The van der Waals surface area contributed by atoms with Crippen molar-refractivity contribution in [2.45, 2.75) is 19.4 Å². The molecule has 1 heterocycles. The predicted octanol–water partition coefficient (Wildman–Crippen LogP) is -0.0318. The maximum atomic E-state index is 12.4. The molecular weight excluding hydrogens is 266 g/mol. The van der Waals surface area contributed by atoms with E-state index in [4.69, 9.17) is 0 Å². The van der Waals surface area contributed by atoms with Crippen LogP contribution in [-0.2, 0) is 9.63 Å². The third-order valence-electron chi connectivity index (χ3n) is 3.06. The van der Waals surface area contributed by atoms with Crippen LogP contribution in [0.15, 0.2) is 10.3 Å². The fraction of sp³-hybridized carbons (Fsp3) is 0.636. The SMILES string of the molecule is CON=C(C)C1(N(O)C(=O)N(C)C)C(=O)N(C)N=C1C. The standard InChI is InChI=1S/C11H19N5O4/c1-7-11(8(2)13-20-6,9(17)15(5)12-7)16(19)10(18)14(3)4/h19H,1-6H3. The monoisotopic (exact) mass is 285 g/mol. The lowest BCUT2D eigenvalue weighted by atomic mass is 9.88. The summed E-state index contributed by atoms with van der Waals surface area (Å²) in [4.78, 5) is 30.2. The van der Waals surface area contributed by atoms with E-state index in [2.05, 4.69) is 15.1 Å². The number of hydroxylamine groups is 2. The molecule has 3 amide bonds. The molecule has 1 N–H and O–H groups in total. The number of oxime groups is 1. The second-order valence-electron chi connectivity index (χ2n) is 4.57. The van der Waals surface area contributed by atoms with Crippen molar-refractivity contribution in [3.63, 3.8) is 0 Å². The van der Waals surface area contributed by atoms with Crippen LogP contribution in [0.3, 0.4) is 0 Å². The Morgan fingerprint density at radius 3 is 2.40 bits per heavy atom. The third kappa shape index (κ3) is 2.09. The first-order valence-corrected chi connectivity index (χ1v) is 5.83. The first kappa shape index (κ1) is 15.9. The Labute approximate surface area is 117 Å². The Hall–Kier alpha value is -2.16. The van der Waals surface area contributed by atoms with Gasteiger partial charge in [-0.2, -0.15) is 10.2 Å². The minimum Gasteiger partial charge on any atom is -0.399 e. The van der Waals surface area contributed by atoms with E-state index in [1.165, 1.54) is 42.1 Å². The second kappa shape index (κ2) is 5.45. The number of carbonyl (C=O) groups is 2. The minimum absolute atomic E-state index is 0.105.